The average molecular weight is 314 g/mol. The summed E-state index contributed by atoms with van der Waals surface area (Å²) in [6.07, 6.45) is 1.26. The summed E-state index contributed by atoms with van der Waals surface area (Å²) in [5, 5.41) is 20.0. The van der Waals surface area contributed by atoms with E-state index in [1.165, 1.54) is 0 Å². The molecule has 0 bridgehead atoms. The lowest BCUT2D eigenvalue weighted by molar-refractivity contribution is -0.209. The van der Waals surface area contributed by atoms with Crippen molar-refractivity contribution in [2.45, 2.75) is 45.0 Å². The molecule has 6 nitrogen and oxygen atoms in total. The van der Waals surface area contributed by atoms with Crippen molar-refractivity contribution < 1.29 is 29.2 Å². The first-order valence-electron chi connectivity index (χ1n) is 8.22. The Hall–Kier alpha value is -0.690. The lowest BCUT2D eigenvalue weighted by Gasteiger charge is -2.45. The first-order chi connectivity index (χ1) is 10.5. The number of aliphatic hydroxyl groups excluding tert-OH is 2. The maximum Gasteiger partial charge on any atom is 0.314 e. The molecule has 3 rings (SSSR count). The lowest BCUT2D eigenvalue weighted by atomic mass is 9.60. The van der Waals surface area contributed by atoms with E-state index < -0.39 is 17.8 Å². The Bertz CT molecular complexity index is 432. The molecular weight excluding hydrogens is 288 g/mol. The highest BCUT2D eigenvalue weighted by Crippen LogP contribution is 2.63. The second kappa shape index (κ2) is 5.74. The second-order valence-corrected chi connectivity index (χ2v) is 6.96. The van der Waals surface area contributed by atoms with Crippen molar-refractivity contribution in [2.75, 3.05) is 26.4 Å². The SMILES string of the molecule is CCOC(=O)C1C2(C[C@H]3[C@H](CO)[C@@H](O)CC[C@]13C)OCCO2. The monoisotopic (exact) mass is 314 g/mol. The highest BCUT2D eigenvalue weighted by atomic mass is 16.7. The van der Waals surface area contributed by atoms with Crippen LogP contribution in [-0.4, -0.2) is 54.5 Å². The molecule has 1 heterocycles. The van der Waals surface area contributed by atoms with Gasteiger partial charge in [-0.1, -0.05) is 6.92 Å². The van der Waals surface area contributed by atoms with Crippen LogP contribution < -0.4 is 0 Å². The van der Waals surface area contributed by atoms with Crippen LogP contribution >= 0.6 is 0 Å². The molecule has 22 heavy (non-hydrogen) atoms. The summed E-state index contributed by atoms with van der Waals surface area (Å²) in [5.41, 5.74) is -0.386. The maximum absolute atomic E-state index is 12.6. The van der Waals surface area contributed by atoms with Crippen LogP contribution in [0, 0.1) is 23.2 Å². The molecule has 0 amide bonds. The molecule has 1 aliphatic heterocycles. The van der Waals surface area contributed by atoms with Crippen LogP contribution in [0.1, 0.15) is 33.1 Å². The molecule has 126 valence electrons. The van der Waals surface area contributed by atoms with Crippen molar-refractivity contribution in [3.05, 3.63) is 0 Å². The van der Waals surface area contributed by atoms with Gasteiger partial charge in [-0.25, -0.2) is 0 Å². The number of carbonyl (C=O) groups is 1. The smallest absolute Gasteiger partial charge is 0.314 e. The van der Waals surface area contributed by atoms with Gasteiger partial charge in [-0.05, 0) is 31.1 Å². The third-order valence-electron chi connectivity index (χ3n) is 5.95. The molecule has 0 aromatic rings. The Morgan fingerprint density at radius 3 is 2.64 bits per heavy atom. The maximum atomic E-state index is 12.6. The van der Waals surface area contributed by atoms with Gasteiger partial charge in [0.25, 0.3) is 0 Å². The lowest BCUT2D eigenvalue weighted by Crippen LogP contribution is -2.49. The topological polar surface area (TPSA) is 85.2 Å². The first kappa shape index (κ1) is 16.2. The van der Waals surface area contributed by atoms with Crippen LogP contribution in [0.25, 0.3) is 0 Å². The molecule has 0 aromatic carbocycles. The van der Waals surface area contributed by atoms with E-state index >= 15 is 0 Å². The van der Waals surface area contributed by atoms with Crippen LogP contribution in [0.5, 0.6) is 0 Å². The molecule has 6 heteroatoms. The van der Waals surface area contributed by atoms with E-state index in [-0.39, 0.29) is 29.8 Å². The average Bonchev–Trinajstić information content (AvgIpc) is 3.03. The molecule has 1 unspecified atom stereocenters. The fourth-order valence-corrected chi connectivity index (χ4v) is 4.96. The molecule has 0 aromatic heterocycles. The Kier molecular flexibility index (Phi) is 4.22. The van der Waals surface area contributed by atoms with Crippen molar-refractivity contribution in [1.82, 2.24) is 0 Å². The Labute approximate surface area is 130 Å². The largest absolute Gasteiger partial charge is 0.466 e. The highest BCUT2D eigenvalue weighted by molar-refractivity contribution is 5.75. The molecule has 2 aliphatic carbocycles. The number of ether oxygens (including phenoxy) is 3. The zero-order chi connectivity index (χ0) is 16.0. The fraction of sp³-hybridized carbons (Fsp3) is 0.938. The van der Waals surface area contributed by atoms with Gasteiger partial charge in [-0.2, -0.15) is 0 Å². The number of esters is 1. The van der Waals surface area contributed by atoms with E-state index in [0.717, 1.165) is 0 Å². The van der Waals surface area contributed by atoms with E-state index in [2.05, 4.69) is 0 Å². The van der Waals surface area contributed by atoms with Crippen molar-refractivity contribution in [3.63, 3.8) is 0 Å². The van der Waals surface area contributed by atoms with E-state index in [4.69, 9.17) is 14.2 Å². The second-order valence-electron chi connectivity index (χ2n) is 6.96. The fourth-order valence-electron chi connectivity index (χ4n) is 4.96. The van der Waals surface area contributed by atoms with Gasteiger partial charge in [0.2, 0.25) is 0 Å². The molecule has 3 aliphatic rings. The number of hydrogen-bond donors (Lipinski definition) is 2. The molecule has 1 saturated heterocycles. The van der Waals surface area contributed by atoms with Crippen LogP contribution in [0.2, 0.25) is 0 Å². The van der Waals surface area contributed by atoms with Gasteiger partial charge in [-0.3, -0.25) is 4.79 Å². The molecule has 2 saturated carbocycles. The molecular formula is C16H26O6. The summed E-state index contributed by atoms with van der Waals surface area (Å²) in [7, 11) is 0. The summed E-state index contributed by atoms with van der Waals surface area (Å²) in [6.45, 7) is 4.99. The van der Waals surface area contributed by atoms with Crippen LogP contribution in [0.3, 0.4) is 0 Å². The van der Waals surface area contributed by atoms with Gasteiger partial charge in [0.05, 0.1) is 25.9 Å². The number of carbonyl (C=O) groups excluding carboxylic acids is 1. The molecule has 1 spiro atoms. The predicted octanol–water partition coefficient (Wildman–Crippen LogP) is 0.698. The first-order valence-corrected chi connectivity index (χ1v) is 8.22. The van der Waals surface area contributed by atoms with Crippen molar-refractivity contribution in [1.29, 1.82) is 0 Å². The van der Waals surface area contributed by atoms with Gasteiger partial charge in [-0.15, -0.1) is 0 Å². The van der Waals surface area contributed by atoms with E-state index in [9.17, 15) is 15.0 Å². The Morgan fingerprint density at radius 2 is 2.05 bits per heavy atom. The Morgan fingerprint density at radius 1 is 1.36 bits per heavy atom. The van der Waals surface area contributed by atoms with Gasteiger partial charge < -0.3 is 24.4 Å². The highest BCUT2D eigenvalue weighted by Gasteiger charge is 2.69. The van der Waals surface area contributed by atoms with Gasteiger partial charge in [0.1, 0.15) is 5.92 Å². The van der Waals surface area contributed by atoms with Crippen molar-refractivity contribution in [2.24, 2.45) is 23.2 Å². The number of hydrogen-bond acceptors (Lipinski definition) is 6. The zero-order valence-corrected chi connectivity index (χ0v) is 13.3. The summed E-state index contributed by atoms with van der Waals surface area (Å²) in [6, 6.07) is 0. The standard InChI is InChI=1S/C16H26O6/c1-3-20-14(19)13-15(2)5-4-12(18)10(9-17)11(15)8-16(13)21-6-7-22-16/h10-13,17-18H,3-9H2,1-2H3/t10-,11-,12-,13?,15-/m0/s1. The molecule has 0 radical (unpaired) electrons. The molecule has 2 N–H and O–H groups in total. The van der Waals surface area contributed by atoms with E-state index in [1.807, 2.05) is 6.92 Å². The minimum absolute atomic E-state index is 0.0197. The van der Waals surface area contributed by atoms with Gasteiger partial charge >= 0.3 is 5.97 Å². The quantitative estimate of drug-likeness (QED) is 0.746. The summed E-state index contributed by atoms with van der Waals surface area (Å²) in [4.78, 5) is 12.6. The third kappa shape index (κ3) is 2.19. The third-order valence-corrected chi connectivity index (χ3v) is 5.95. The summed E-state index contributed by atoms with van der Waals surface area (Å²) < 4.78 is 17.1. The van der Waals surface area contributed by atoms with Gasteiger partial charge in [0, 0.05) is 18.9 Å². The van der Waals surface area contributed by atoms with Gasteiger partial charge in [0.15, 0.2) is 5.79 Å². The number of fused-ring (bicyclic) bond motifs is 1. The summed E-state index contributed by atoms with van der Waals surface area (Å²) in [5.74, 6) is -2.02. The number of rotatable bonds is 3. The summed E-state index contributed by atoms with van der Waals surface area (Å²) >= 11 is 0. The van der Waals surface area contributed by atoms with Crippen LogP contribution in [-0.2, 0) is 19.0 Å². The zero-order valence-electron chi connectivity index (χ0n) is 13.3. The van der Waals surface area contributed by atoms with E-state index in [1.54, 1.807) is 6.92 Å². The van der Waals surface area contributed by atoms with Crippen LogP contribution in [0.4, 0.5) is 0 Å². The molecule has 5 atom stereocenters. The number of aliphatic hydroxyl groups is 2. The Balaban J connectivity index is 1.99. The van der Waals surface area contributed by atoms with Crippen molar-refractivity contribution in [3.8, 4) is 0 Å². The normalized spacial score (nSPS) is 43.3. The molecule has 3 fully saturated rings. The van der Waals surface area contributed by atoms with Crippen molar-refractivity contribution >= 4 is 5.97 Å². The minimum atomic E-state index is -0.955. The predicted molar refractivity (Wildman–Crippen MR) is 76.8 cm³/mol. The van der Waals surface area contributed by atoms with E-state index in [0.29, 0.717) is 39.1 Å². The minimum Gasteiger partial charge on any atom is -0.466 e. The van der Waals surface area contributed by atoms with Crippen LogP contribution in [0.15, 0.2) is 0 Å².